The second kappa shape index (κ2) is 15.1. The van der Waals surface area contributed by atoms with Crippen molar-refractivity contribution in [2.45, 2.75) is 52.6 Å². The molecule has 1 aliphatic rings. The molecular formula is C35H40FN5O3. The van der Waals surface area contributed by atoms with Crippen molar-refractivity contribution in [1.29, 1.82) is 0 Å². The number of aromatic nitrogens is 1. The molecule has 2 heterocycles. The van der Waals surface area contributed by atoms with Gasteiger partial charge in [0.15, 0.2) is 5.78 Å². The van der Waals surface area contributed by atoms with Crippen LogP contribution in [0.1, 0.15) is 59.4 Å². The second-order valence-electron chi connectivity index (χ2n) is 11.0. The summed E-state index contributed by atoms with van der Waals surface area (Å²) in [4.78, 5) is 47.9. The molecule has 9 heteroatoms. The maximum atomic E-state index is 14.1. The highest BCUT2D eigenvalue weighted by Gasteiger charge is 2.32. The number of hydrogen-bond donors (Lipinski definition) is 3. The number of aryl methyl sites for hydroxylation is 2. The number of halogens is 1. The van der Waals surface area contributed by atoms with Crippen LogP contribution in [0.25, 0.3) is 0 Å². The highest BCUT2D eigenvalue weighted by atomic mass is 19.1. The van der Waals surface area contributed by atoms with E-state index in [1.54, 1.807) is 29.3 Å². The predicted molar refractivity (Wildman–Crippen MR) is 170 cm³/mol. The fourth-order valence-electron chi connectivity index (χ4n) is 5.41. The molecule has 1 saturated heterocycles. The first kappa shape index (κ1) is 32.1. The number of ketones is 1. The van der Waals surface area contributed by atoms with Gasteiger partial charge in [0.2, 0.25) is 5.91 Å². The molecule has 0 radical (unpaired) electrons. The van der Waals surface area contributed by atoms with Gasteiger partial charge in [-0.2, -0.15) is 0 Å². The summed E-state index contributed by atoms with van der Waals surface area (Å²) in [6.45, 7) is 8.34. The van der Waals surface area contributed by atoms with E-state index in [2.05, 4.69) is 42.0 Å². The Kier molecular flexibility index (Phi) is 11.0. The molecule has 44 heavy (non-hydrogen) atoms. The smallest absolute Gasteiger partial charge is 0.270 e. The molecule has 4 rings (SSSR count). The zero-order chi connectivity index (χ0) is 31.6. The van der Waals surface area contributed by atoms with Gasteiger partial charge < -0.3 is 20.9 Å². The molecule has 230 valence electrons. The summed E-state index contributed by atoms with van der Waals surface area (Å²) in [5.74, 6) is -1.38. The molecule has 2 amide bonds. The summed E-state index contributed by atoms with van der Waals surface area (Å²) >= 11 is 0. The molecule has 0 spiro atoms. The van der Waals surface area contributed by atoms with Crippen molar-refractivity contribution < 1.29 is 18.8 Å². The number of H-pyrrole nitrogens is 1. The minimum absolute atomic E-state index is 0.111. The lowest BCUT2D eigenvalue weighted by atomic mass is 9.89. The highest BCUT2D eigenvalue weighted by molar-refractivity contribution is 6.11. The third-order valence-corrected chi connectivity index (χ3v) is 7.86. The van der Waals surface area contributed by atoms with E-state index < -0.39 is 5.82 Å². The Morgan fingerprint density at radius 2 is 1.93 bits per heavy atom. The number of rotatable bonds is 12. The van der Waals surface area contributed by atoms with E-state index in [-0.39, 0.29) is 55.3 Å². The van der Waals surface area contributed by atoms with Crippen LogP contribution in [0, 0.1) is 11.7 Å². The van der Waals surface area contributed by atoms with Gasteiger partial charge in [-0.3, -0.25) is 19.4 Å². The lowest BCUT2D eigenvalue weighted by Gasteiger charge is -2.34. The lowest BCUT2D eigenvalue weighted by molar-refractivity contribution is -0.117. The molecule has 0 bridgehead atoms. The molecule has 1 aliphatic heterocycles. The summed E-state index contributed by atoms with van der Waals surface area (Å²) in [7, 11) is 0. The Morgan fingerprint density at radius 1 is 1.14 bits per heavy atom. The average molecular weight is 598 g/mol. The standard InChI is InChI=1S/C35H40FN5O3/c1-4-24-9-6-10-25(17-24)11-7-13-31(42)33(37)29-22-41(35(44)30-12-8-16-38-30)21-23(3)34(29)40-19-26-14-15-28(36)18-27(26)20-39-32(43)5-2/h5-6,8-10,12,14-18,23,38H,2,4,7,11,13,19-22,37H2,1,3H3,(H,39,43). The second-order valence-corrected chi connectivity index (χ2v) is 11.0. The minimum atomic E-state index is -0.425. The number of aliphatic imine (C=N–C) groups is 1. The van der Waals surface area contributed by atoms with Gasteiger partial charge in [0, 0.05) is 49.5 Å². The molecule has 0 aliphatic carbocycles. The van der Waals surface area contributed by atoms with Crippen LogP contribution in [-0.4, -0.2) is 46.3 Å². The van der Waals surface area contributed by atoms with E-state index >= 15 is 0 Å². The molecule has 8 nitrogen and oxygen atoms in total. The normalized spacial score (nSPS) is 16.9. The fraction of sp³-hybridized carbons (Fsp3) is 0.314. The van der Waals surface area contributed by atoms with Crippen LogP contribution in [0.5, 0.6) is 0 Å². The van der Waals surface area contributed by atoms with Gasteiger partial charge in [-0.15, -0.1) is 0 Å². The number of nitrogens with zero attached hydrogens (tertiary/aromatic N) is 2. The van der Waals surface area contributed by atoms with Crippen molar-refractivity contribution in [3.63, 3.8) is 0 Å². The number of hydrogen-bond acceptors (Lipinski definition) is 5. The maximum absolute atomic E-state index is 14.1. The predicted octanol–water partition coefficient (Wildman–Crippen LogP) is 5.06. The van der Waals surface area contributed by atoms with E-state index in [9.17, 15) is 18.8 Å². The summed E-state index contributed by atoms with van der Waals surface area (Å²) in [5.41, 5.74) is 12.0. The number of amides is 2. The number of carbonyl (C=O) groups excluding carboxylic acids is 3. The van der Waals surface area contributed by atoms with E-state index in [1.807, 2.05) is 13.0 Å². The number of likely N-dealkylation sites (tertiary alicyclic amines) is 1. The molecular weight excluding hydrogens is 557 g/mol. The zero-order valence-electron chi connectivity index (χ0n) is 25.4. The summed E-state index contributed by atoms with van der Waals surface area (Å²) in [5, 5.41) is 2.68. The topological polar surface area (TPSA) is 121 Å². The Balaban J connectivity index is 1.60. The van der Waals surface area contributed by atoms with Crippen molar-refractivity contribution in [2.24, 2.45) is 16.6 Å². The first-order valence-corrected chi connectivity index (χ1v) is 14.9. The van der Waals surface area contributed by atoms with Gasteiger partial charge in [0.25, 0.3) is 5.91 Å². The number of piperidine rings is 1. The summed E-state index contributed by atoms with van der Waals surface area (Å²) in [6, 6.07) is 16.2. The zero-order valence-corrected chi connectivity index (χ0v) is 25.4. The lowest BCUT2D eigenvalue weighted by Crippen LogP contribution is -2.46. The van der Waals surface area contributed by atoms with Crippen LogP contribution < -0.4 is 11.1 Å². The van der Waals surface area contributed by atoms with Gasteiger partial charge in [-0.05, 0) is 71.9 Å². The number of nitrogens with one attached hydrogen (secondary N) is 2. The molecule has 1 unspecified atom stereocenters. The van der Waals surface area contributed by atoms with E-state index in [0.717, 1.165) is 24.5 Å². The number of benzene rings is 2. The van der Waals surface area contributed by atoms with Gasteiger partial charge in [0.1, 0.15) is 11.5 Å². The Morgan fingerprint density at radius 3 is 2.66 bits per heavy atom. The third kappa shape index (κ3) is 8.18. The van der Waals surface area contributed by atoms with Gasteiger partial charge >= 0.3 is 0 Å². The Bertz CT molecular complexity index is 1570. The SMILES string of the molecule is C=CC(=O)NCc1cc(F)ccc1CN=C1C(=C(N)C(=O)CCCc2cccc(CC)c2)CN(C(=O)c2ccc[nH]2)CC1C. The van der Waals surface area contributed by atoms with Gasteiger partial charge in [-0.1, -0.05) is 50.8 Å². The number of Topliss-reactive ketones (excluding diaryl/α,β-unsaturated/α-hetero) is 1. The first-order valence-electron chi connectivity index (χ1n) is 14.9. The fourth-order valence-corrected chi connectivity index (χ4v) is 5.41. The molecule has 4 N–H and O–H groups in total. The first-order chi connectivity index (χ1) is 21.2. The number of aromatic amines is 1. The quantitative estimate of drug-likeness (QED) is 0.253. The van der Waals surface area contributed by atoms with Crippen LogP contribution in [-0.2, 0) is 35.5 Å². The van der Waals surface area contributed by atoms with E-state index in [0.29, 0.717) is 35.5 Å². The van der Waals surface area contributed by atoms with Crippen molar-refractivity contribution in [3.05, 3.63) is 118 Å². The Hall–Kier alpha value is -4.79. The third-order valence-electron chi connectivity index (χ3n) is 7.86. The van der Waals surface area contributed by atoms with Gasteiger partial charge in [0.05, 0.1) is 12.2 Å². The number of nitrogens with two attached hydrogens (primary N) is 1. The molecule has 2 aromatic carbocycles. The van der Waals surface area contributed by atoms with Crippen LogP contribution in [0.2, 0.25) is 0 Å². The van der Waals surface area contributed by atoms with E-state index in [4.69, 9.17) is 10.7 Å². The molecule has 1 aromatic heterocycles. The van der Waals surface area contributed by atoms with Crippen molar-refractivity contribution in [3.8, 4) is 0 Å². The number of allylic oxidation sites excluding steroid dienone is 1. The largest absolute Gasteiger partial charge is 0.396 e. The minimum Gasteiger partial charge on any atom is -0.396 e. The highest BCUT2D eigenvalue weighted by Crippen LogP contribution is 2.25. The number of carbonyl (C=O) groups is 3. The van der Waals surface area contributed by atoms with Crippen LogP contribution in [0.15, 0.2) is 89.7 Å². The molecule has 1 fully saturated rings. The average Bonchev–Trinajstić information content (AvgIpc) is 3.58. The van der Waals surface area contributed by atoms with Crippen molar-refractivity contribution in [1.82, 2.24) is 15.2 Å². The van der Waals surface area contributed by atoms with Crippen molar-refractivity contribution in [2.75, 3.05) is 13.1 Å². The van der Waals surface area contributed by atoms with Gasteiger partial charge in [-0.25, -0.2) is 4.39 Å². The summed E-state index contributed by atoms with van der Waals surface area (Å²) in [6.07, 6.45) is 5.46. The van der Waals surface area contributed by atoms with Crippen LogP contribution in [0.3, 0.4) is 0 Å². The van der Waals surface area contributed by atoms with E-state index in [1.165, 1.54) is 23.3 Å². The summed E-state index contributed by atoms with van der Waals surface area (Å²) < 4.78 is 14.1. The maximum Gasteiger partial charge on any atom is 0.270 e. The molecule has 1 atom stereocenters. The monoisotopic (exact) mass is 597 g/mol. The Labute approximate surface area is 257 Å². The molecule has 3 aromatic rings. The van der Waals surface area contributed by atoms with Crippen molar-refractivity contribution >= 4 is 23.3 Å². The van der Waals surface area contributed by atoms with Crippen LogP contribution >= 0.6 is 0 Å². The molecule has 0 saturated carbocycles. The van der Waals surface area contributed by atoms with Crippen LogP contribution in [0.4, 0.5) is 4.39 Å².